The number of ether oxygens (including phenoxy) is 2. The van der Waals surface area contributed by atoms with Crippen LogP contribution in [0.25, 0.3) is 0 Å². The minimum atomic E-state index is -1.23. The average Bonchev–Trinajstić information content (AvgIpc) is 3.33. The Balaban J connectivity index is 1.63. The first-order valence-corrected chi connectivity index (χ1v) is 10.1. The Kier molecular flexibility index (Phi) is 5.02. The number of amides is 3. The van der Waals surface area contributed by atoms with Gasteiger partial charge in [0.2, 0.25) is 17.7 Å². The molecule has 3 aliphatic heterocycles. The van der Waals surface area contributed by atoms with Crippen molar-refractivity contribution < 1.29 is 23.9 Å². The fraction of sp³-hybridized carbons (Fsp3) is 0.435. The van der Waals surface area contributed by atoms with E-state index in [0.717, 1.165) is 5.56 Å². The summed E-state index contributed by atoms with van der Waals surface area (Å²) in [6.07, 6.45) is 9.02. The van der Waals surface area contributed by atoms with Crippen LogP contribution in [0.1, 0.15) is 12.5 Å². The number of carbonyl (C=O) groups excluding carboxylic acids is 3. The first-order valence-electron chi connectivity index (χ1n) is 10.1. The molecule has 1 spiro atoms. The Morgan fingerprint density at radius 1 is 1.26 bits per heavy atom. The molecule has 0 aliphatic carbocycles. The number of benzene rings is 1. The topological polar surface area (TPSA) is 97.0 Å². The Morgan fingerprint density at radius 2 is 1.97 bits per heavy atom. The van der Waals surface area contributed by atoms with Gasteiger partial charge in [0.15, 0.2) is 0 Å². The largest absolute Gasteiger partial charge is 0.497 e. The minimum absolute atomic E-state index is 0.0495. The van der Waals surface area contributed by atoms with Gasteiger partial charge in [0.1, 0.15) is 17.4 Å². The number of carbonyl (C=O) groups is 3. The molecule has 8 heteroatoms. The van der Waals surface area contributed by atoms with E-state index in [1.54, 1.807) is 38.3 Å². The molecule has 5 atom stereocenters. The van der Waals surface area contributed by atoms with Crippen LogP contribution in [0.2, 0.25) is 0 Å². The van der Waals surface area contributed by atoms with Crippen LogP contribution in [-0.2, 0) is 25.7 Å². The highest BCUT2D eigenvalue weighted by Crippen LogP contribution is 2.59. The number of likely N-dealkylation sites (tertiary alicyclic amines) is 1. The third-order valence-electron chi connectivity index (χ3n) is 6.46. The quantitative estimate of drug-likeness (QED) is 0.505. The predicted molar refractivity (Wildman–Crippen MR) is 112 cm³/mol. The smallest absolute Gasteiger partial charge is 0.246 e. The minimum Gasteiger partial charge on any atom is -0.497 e. The van der Waals surface area contributed by atoms with Gasteiger partial charge in [0.05, 0.1) is 31.1 Å². The molecule has 3 amide bonds. The van der Waals surface area contributed by atoms with Crippen molar-refractivity contribution in [2.24, 2.45) is 11.8 Å². The first-order chi connectivity index (χ1) is 14.8. The van der Waals surface area contributed by atoms with Gasteiger partial charge in [-0.2, -0.15) is 0 Å². The Bertz CT molecular complexity index is 997. The number of terminal acetylenes is 1. The molecule has 1 aromatic carbocycles. The van der Waals surface area contributed by atoms with Crippen LogP contribution in [0.3, 0.4) is 0 Å². The van der Waals surface area contributed by atoms with Crippen molar-refractivity contribution in [2.45, 2.75) is 30.7 Å². The monoisotopic (exact) mass is 423 g/mol. The number of methoxy groups -OCH3 is 1. The summed E-state index contributed by atoms with van der Waals surface area (Å²) in [4.78, 5) is 40.7. The molecule has 3 heterocycles. The highest BCUT2D eigenvalue weighted by molar-refractivity contribution is 6.00. The van der Waals surface area contributed by atoms with Gasteiger partial charge in [-0.1, -0.05) is 30.2 Å². The molecule has 162 valence electrons. The maximum Gasteiger partial charge on any atom is 0.246 e. The maximum absolute atomic E-state index is 13.3. The van der Waals surface area contributed by atoms with Crippen LogP contribution in [0, 0.1) is 24.2 Å². The summed E-state index contributed by atoms with van der Waals surface area (Å²) in [7, 11) is 3.10. The average molecular weight is 423 g/mol. The summed E-state index contributed by atoms with van der Waals surface area (Å²) in [5, 5.41) is 5.51. The molecule has 4 rings (SSSR count). The van der Waals surface area contributed by atoms with Crippen molar-refractivity contribution >= 4 is 17.7 Å². The summed E-state index contributed by atoms with van der Waals surface area (Å²) in [5.41, 5.74) is -1.32. The highest BCUT2D eigenvalue weighted by atomic mass is 16.5. The number of rotatable bonds is 6. The zero-order valence-electron chi connectivity index (χ0n) is 17.7. The molecule has 3 aliphatic rings. The van der Waals surface area contributed by atoms with Crippen LogP contribution >= 0.6 is 0 Å². The Labute approximate surface area is 180 Å². The van der Waals surface area contributed by atoms with Crippen molar-refractivity contribution in [2.75, 3.05) is 20.7 Å². The normalized spacial score (nSPS) is 32.5. The highest BCUT2D eigenvalue weighted by Gasteiger charge is 2.75. The van der Waals surface area contributed by atoms with Gasteiger partial charge in [0.25, 0.3) is 0 Å². The van der Waals surface area contributed by atoms with Crippen molar-refractivity contribution in [1.82, 2.24) is 15.5 Å². The molecule has 8 nitrogen and oxygen atoms in total. The van der Waals surface area contributed by atoms with E-state index < -0.39 is 29.1 Å². The number of nitrogens with one attached hydrogen (secondary N) is 2. The lowest BCUT2D eigenvalue weighted by atomic mass is 9.70. The SMILES string of the molecule is C#CCN1C(=O)[C@@H]2[C@H](C(=O)NC)[C@@]3(C)C=C[C@@]2(O3)[C@H]1C(=O)NCc1ccc(OC)cc1. The first kappa shape index (κ1) is 20.9. The molecule has 31 heavy (non-hydrogen) atoms. The molecule has 2 fully saturated rings. The molecular formula is C23H25N3O5. The molecule has 0 aromatic heterocycles. The van der Waals surface area contributed by atoms with Gasteiger partial charge in [-0.05, 0) is 24.6 Å². The second kappa shape index (κ2) is 7.43. The van der Waals surface area contributed by atoms with Crippen LogP contribution in [0.4, 0.5) is 0 Å². The summed E-state index contributed by atoms with van der Waals surface area (Å²) in [5.74, 6) is 0.593. The predicted octanol–water partition coefficient (Wildman–Crippen LogP) is 0.231. The number of hydrogen-bond acceptors (Lipinski definition) is 5. The van der Waals surface area contributed by atoms with Crippen molar-refractivity contribution in [3.05, 3.63) is 42.0 Å². The van der Waals surface area contributed by atoms with Crippen molar-refractivity contribution in [3.63, 3.8) is 0 Å². The van der Waals surface area contributed by atoms with Gasteiger partial charge >= 0.3 is 0 Å². The molecule has 2 N–H and O–H groups in total. The lowest BCUT2D eigenvalue weighted by Gasteiger charge is -2.32. The lowest BCUT2D eigenvalue weighted by molar-refractivity contribution is -0.144. The van der Waals surface area contributed by atoms with E-state index in [1.165, 1.54) is 11.9 Å². The van der Waals surface area contributed by atoms with Crippen molar-refractivity contribution in [1.29, 1.82) is 0 Å². The zero-order chi connectivity index (χ0) is 22.4. The third-order valence-corrected chi connectivity index (χ3v) is 6.46. The Hall–Kier alpha value is -3.31. The second-order valence-corrected chi connectivity index (χ2v) is 8.18. The van der Waals surface area contributed by atoms with Gasteiger partial charge in [-0.15, -0.1) is 6.42 Å². The number of hydrogen-bond donors (Lipinski definition) is 2. The van der Waals surface area contributed by atoms with E-state index in [9.17, 15) is 14.4 Å². The van der Waals surface area contributed by atoms with E-state index in [0.29, 0.717) is 5.75 Å². The molecule has 0 saturated carbocycles. The van der Waals surface area contributed by atoms with Crippen LogP contribution in [-0.4, -0.2) is 60.6 Å². The van der Waals surface area contributed by atoms with Gasteiger partial charge < -0.3 is 25.0 Å². The fourth-order valence-corrected chi connectivity index (χ4v) is 5.08. The Morgan fingerprint density at radius 3 is 2.58 bits per heavy atom. The third kappa shape index (κ3) is 3.00. The molecule has 1 aromatic rings. The van der Waals surface area contributed by atoms with Gasteiger partial charge in [-0.25, -0.2) is 0 Å². The van der Waals surface area contributed by atoms with E-state index in [-0.39, 0.29) is 30.8 Å². The molecule has 2 saturated heterocycles. The molecule has 2 bridgehead atoms. The van der Waals surface area contributed by atoms with E-state index in [4.69, 9.17) is 15.9 Å². The van der Waals surface area contributed by atoms with Crippen molar-refractivity contribution in [3.8, 4) is 18.1 Å². The number of fused-ring (bicyclic) bond motifs is 1. The van der Waals surface area contributed by atoms with E-state index in [1.807, 2.05) is 12.1 Å². The lowest BCUT2D eigenvalue weighted by Crippen LogP contribution is -2.54. The number of nitrogens with zero attached hydrogens (tertiary/aromatic N) is 1. The maximum atomic E-state index is 13.3. The van der Waals surface area contributed by atoms with Gasteiger partial charge in [0, 0.05) is 13.6 Å². The fourth-order valence-electron chi connectivity index (χ4n) is 5.08. The van der Waals surface area contributed by atoms with Crippen LogP contribution in [0.5, 0.6) is 5.75 Å². The van der Waals surface area contributed by atoms with Crippen LogP contribution < -0.4 is 15.4 Å². The molecule has 0 unspecified atom stereocenters. The van der Waals surface area contributed by atoms with Gasteiger partial charge in [-0.3, -0.25) is 14.4 Å². The second-order valence-electron chi connectivity index (χ2n) is 8.18. The summed E-state index contributed by atoms with van der Waals surface area (Å²) in [6, 6.07) is 6.34. The zero-order valence-corrected chi connectivity index (χ0v) is 17.7. The standard InChI is InChI=1S/C23H25N3O5/c1-5-12-26-18(20(28)25-13-14-6-8-15(30-4)9-7-14)23-11-10-22(2,31-23)16(19(27)24-3)17(23)21(26)29/h1,6-11,16-18H,12-13H2,2-4H3,(H,24,27)(H,25,28)/t16-,17+,18-,22-,23+/m1/s1. The summed E-state index contributed by atoms with van der Waals surface area (Å²) < 4.78 is 11.4. The molecular weight excluding hydrogens is 398 g/mol. The molecule has 0 radical (unpaired) electrons. The summed E-state index contributed by atoms with van der Waals surface area (Å²) >= 11 is 0. The van der Waals surface area contributed by atoms with E-state index in [2.05, 4.69) is 16.6 Å². The van der Waals surface area contributed by atoms with E-state index >= 15 is 0 Å². The van der Waals surface area contributed by atoms with Crippen LogP contribution in [0.15, 0.2) is 36.4 Å². The summed E-state index contributed by atoms with van der Waals surface area (Å²) in [6.45, 7) is 1.98.